The molecule has 3 rings (SSSR count). The van der Waals surface area contributed by atoms with Gasteiger partial charge >= 0.3 is 119 Å². The third-order valence-electron chi connectivity index (χ3n) is 5.11. The zero-order chi connectivity index (χ0) is 21.5. The van der Waals surface area contributed by atoms with Gasteiger partial charge in [0, 0.05) is 0 Å². The molecule has 2 aromatic rings. The van der Waals surface area contributed by atoms with Crippen LogP contribution in [0.5, 0.6) is 17.2 Å². The Morgan fingerprint density at radius 2 is 2.17 bits per heavy atom. The summed E-state index contributed by atoms with van der Waals surface area (Å²) >= 11 is 6.01. The number of ether oxygens (including phenoxy) is 1. The summed E-state index contributed by atoms with van der Waals surface area (Å²) in [5, 5.41) is 33.1. The summed E-state index contributed by atoms with van der Waals surface area (Å²) in [5.74, 6) is 0.549. The van der Waals surface area contributed by atoms with Gasteiger partial charge in [-0.2, -0.15) is 5.26 Å². The average molecular weight is 427 g/mol. The molecule has 0 saturated carbocycles. The first-order chi connectivity index (χ1) is 14.5. The fourth-order valence-corrected chi connectivity index (χ4v) is 3.91. The molecule has 0 unspecified atom stereocenters. The van der Waals surface area contributed by atoms with E-state index in [0.29, 0.717) is 17.3 Å². The molecule has 0 aromatic heterocycles. The molecule has 1 heterocycles. The summed E-state index contributed by atoms with van der Waals surface area (Å²) in [4.78, 5) is 7.01. The fraction of sp³-hybridized carbons (Fsp3) is 0.381. The molecule has 0 bridgehead atoms. The van der Waals surface area contributed by atoms with Gasteiger partial charge < -0.3 is 4.74 Å². The van der Waals surface area contributed by atoms with Crippen molar-refractivity contribution in [3.8, 4) is 23.3 Å². The van der Waals surface area contributed by atoms with Gasteiger partial charge in [0.15, 0.2) is 0 Å². The predicted molar refractivity (Wildman–Crippen MR) is 113 cm³/mol. The second kappa shape index (κ2) is 10.4. The van der Waals surface area contributed by atoms with Gasteiger partial charge in [0.25, 0.3) is 0 Å². The molecule has 0 aliphatic carbocycles. The number of benzene rings is 2. The van der Waals surface area contributed by atoms with Crippen molar-refractivity contribution in [2.45, 2.75) is 31.4 Å². The third kappa shape index (κ3) is 5.51. The first-order valence-electron chi connectivity index (χ1n) is 9.64. The monoisotopic (exact) mass is 426 g/mol. The quantitative estimate of drug-likeness (QED) is 0.472. The zero-order valence-corrected chi connectivity index (χ0v) is 17.1. The van der Waals surface area contributed by atoms with E-state index in [9.17, 15) is 15.5 Å². The van der Waals surface area contributed by atoms with Gasteiger partial charge in [0.1, 0.15) is 17.4 Å². The van der Waals surface area contributed by atoms with Gasteiger partial charge in [0.2, 0.25) is 0 Å². The van der Waals surface area contributed by atoms with Crippen molar-refractivity contribution < 1.29 is 19.8 Å². The topological polar surface area (TPSA) is 98.3 Å². The van der Waals surface area contributed by atoms with E-state index in [4.69, 9.17) is 28.8 Å². The van der Waals surface area contributed by atoms with E-state index in [1.165, 1.54) is 0 Å². The van der Waals surface area contributed by atoms with Crippen LogP contribution >= 0.6 is 11.6 Å². The maximum atomic E-state index is 10.5. The second-order valence-electron chi connectivity index (χ2n) is 7.18. The summed E-state index contributed by atoms with van der Waals surface area (Å²) in [6.07, 6.45) is 2.04. The van der Waals surface area contributed by atoms with Gasteiger partial charge in [-0.25, -0.2) is 0 Å². The maximum absolute atomic E-state index is 10.5. The van der Waals surface area contributed by atoms with Crippen LogP contribution in [0.2, 0.25) is 5.02 Å². The van der Waals surface area contributed by atoms with Crippen molar-refractivity contribution >= 4 is 19.2 Å². The molecule has 1 radical (unpaired) electrons. The van der Waals surface area contributed by atoms with E-state index in [1.54, 1.807) is 30.3 Å². The Hall–Kier alpha value is -2.60. The van der Waals surface area contributed by atoms with E-state index in [2.05, 4.69) is 9.96 Å². The Labute approximate surface area is 181 Å². The minimum atomic E-state index is -0.716. The summed E-state index contributed by atoms with van der Waals surface area (Å²) in [5.41, 5.74) is 1.22. The number of phenols is 1. The molecule has 2 atom stereocenters. The first-order valence-corrected chi connectivity index (χ1v) is 10.0. The van der Waals surface area contributed by atoms with E-state index in [1.807, 2.05) is 12.1 Å². The second-order valence-corrected chi connectivity index (χ2v) is 7.59. The van der Waals surface area contributed by atoms with Crippen LogP contribution in [0.15, 0.2) is 41.5 Å². The van der Waals surface area contributed by atoms with Crippen molar-refractivity contribution in [1.82, 2.24) is 4.90 Å². The van der Waals surface area contributed by atoms with Gasteiger partial charge in [-0.3, -0.25) is 0 Å². The third-order valence-corrected chi connectivity index (χ3v) is 5.42. The van der Waals surface area contributed by atoms with Crippen LogP contribution in [0.4, 0.5) is 0 Å². The molecule has 0 spiro atoms. The number of halogens is 1. The van der Waals surface area contributed by atoms with Gasteiger partial charge in [-0.05, 0) is 12.1 Å². The molecule has 2 aromatic carbocycles. The van der Waals surface area contributed by atoms with Crippen LogP contribution < -0.4 is 9.57 Å². The number of aliphatic hydroxyl groups is 1. The number of phenolic OH excluding ortho intramolecular Hbond substituents is 1. The Bertz CT molecular complexity index is 937. The minimum absolute atomic E-state index is 0.0190. The number of nitriles is 1. The Kier molecular flexibility index (Phi) is 7.69. The normalized spacial score (nSPS) is 17.3. The van der Waals surface area contributed by atoms with E-state index < -0.39 is 6.10 Å². The number of hydrogen-bond donors (Lipinski definition) is 2. The van der Waals surface area contributed by atoms with Gasteiger partial charge in [-0.15, -0.1) is 0 Å². The Balaban J connectivity index is 1.56. The number of hydrogen-bond acceptors (Lipinski definition) is 7. The van der Waals surface area contributed by atoms with Crippen LogP contribution in [0, 0.1) is 11.3 Å². The van der Waals surface area contributed by atoms with E-state index >= 15 is 0 Å². The zero-order valence-electron chi connectivity index (χ0n) is 16.4. The van der Waals surface area contributed by atoms with E-state index in [-0.39, 0.29) is 29.7 Å². The van der Waals surface area contributed by atoms with Crippen LogP contribution in [-0.4, -0.2) is 54.6 Å². The molecule has 0 amide bonds. The van der Waals surface area contributed by atoms with Crippen molar-refractivity contribution in [2.24, 2.45) is 5.06 Å². The van der Waals surface area contributed by atoms with Crippen LogP contribution in [0.3, 0.4) is 0 Å². The summed E-state index contributed by atoms with van der Waals surface area (Å²) < 4.78 is 5.64. The number of rotatable bonds is 9. The number of nitrogens with zero attached hydrogens (tertiary/aromatic N) is 3. The average Bonchev–Trinajstić information content (AvgIpc) is 3.15. The molecule has 2 N–H and O–H groups in total. The summed E-state index contributed by atoms with van der Waals surface area (Å²) in [6, 6.07) is 12.4. The molecular formula is C21H22BClN3O4. The predicted octanol–water partition coefficient (Wildman–Crippen LogP) is 3.01. The summed E-state index contributed by atoms with van der Waals surface area (Å²) in [7, 11) is 4.98. The van der Waals surface area contributed by atoms with Crippen molar-refractivity contribution in [2.75, 3.05) is 19.7 Å². The number of aliphatic hydroxyl groups excluding tert-OH is 1. The Morgan fingerprint density at radius 3 is 2.90 bits per heavy atom. The Morgan fingerprint density at radius 1 is 1.33 bits per heavy atom. The fourth-order valence-electron chi connectivity index (χ4n) is 3.71. The van der Waals surface area contributed by atoms with Gasteiger partial charge in [0.05, 0.1) is 5.02 Å². The summed E-state index contributed by atoms with van der Waals surface area (Å²) in [6.45, 7) is 1.39. The molecular weight excluding hydrogens is 405 g/mol. The molecule has 9 heteroatoms. The van der Waals surface area contributed by atoms with Crippen LogP contribution in [-0.2, 0) is 6.42 Å². The first kappa shape index (κ1) is 22.1. The van der Waals surface area contributed by atoms with E-state index in [0.717, 1.165) is 31.4 Å². The van der Waals surface area contributed by atoms with Crippen LogP contribution in [0.1, 0.15) is 24.0 Å². The number of aromatic hydroxyl groups is 1. The standard InChI is InChI=1S/C21H22BClN3O4/c22-25-30-21-7-6-14(10-19(21)28)9-15-3-2-8-26(15)12-16(27)13-29-20-5-1-4-18(23)17(20)11-24/h1,4-7,10,15-16,27-28H,2-3,8-9,12-13H2/t15-,16+/m0/s1. The number of likely N-dealkylation sites (tertiary alicyclic amines) is 1. The van der Waals surface area contributed by atoms with Crippen molar-refractivity contribution in [3.05, 3.63) is 52.5 Å². The number of β-amino-alcohol motifs (C(OH)–C–C–N with tert-alkyl or cyclic N) is 1. The van der Waals surface area contributed by atoms with Crippen molar-refractivity contribution in [3.63, 3.8) is 0 Å². The molecule has 30 heavy (non-hydrogen) atoms. The molecule has 1 aliphatic heterocycles. The van der Waals surface area contributed by atoms with Crippen LogP contribution in [0.25, 0.3) is 0 Å². The molecule has 1 saturated heterocycles. The van der Waals surface area contributed by atoms with Crippen molar-refractivity contribution in [1.29, 1.82) is 5.26 Å². The molecule has 155 valence electrons. The molecule has 1 fully saturated rings. The molecule has 7 nitrogen and oxygen atoms in total. The molecule has 1 aliphatic rings. The SMILES string of the molecule is [B]=NOc1ccc(C[C@@H]2CCCN2C[C@@H](O)COc2cccc(Cl)c2C#N)cc1O. The van der Waals surface area contributed by atoms with Gasteiger partial charge in [-0.1, -0.05) is 17.7 Å².